The van der Waals surface area contributed by atoms with Gasteiger partial charge in [0.05, 0.1) is 16.1 Å². The molecule has 2 aromatic carbocycles. The molecule has 124 valence electrons. The van der Waals surface area contributed by atoms with Gasteiger partial charge in [0, 0.05) is 21.9 Å². The monoisotopic (exact) mass is 385 g/mol. The lowest BCUT2D eigenvalue weighted by Gasteiger charge is -2.06. The number of thioether (sulfide) groups is 1. The molecular weight excluding hydrogens is 373 g/mol. The Kier molecular flexibility index (Phi) is 4.66. The molecule has 3 nitrogen and oxygen atoms in total. The van der Waals surface area contributed by atoms with Crippen LogP contribution in [0.15, 0.2) is 65.7 Å². The van der Waals surface area contributed by atoms with Crippen molar-refractivity contribution in [2.75, 3.05) is 0 Å². The van der Waals surface area contributed by atoms with E-state index < -0.39 is 0 Å². The zero-order valence-electron chi connectivity index (χ0n) is 13.0. The number of aromatic amines is 1. The van der Waals surface area contributed by atoms with Crippen LogP contribution < -0.4 is 0 Å². The van der Waals surface area contributed by atoms with Crippen LogP contribution in [0.3, 0.4) is 0 Å². The third-order valence-corrected chi connectivity index (χ3v) is 5.68. The Morgan fingerprint density at radius 1 is 0.960 bits per heavy atom. The third kappa shape index (κ3) is 3.52. The maximum Gasteiger partial charge on any atom is 0.157 e. The Morgan fingerprint density at radius 3 is 2.60 bits per heavy atom. The summed E-state index contributed by atoms with van der Waals surface area (Å²) < 4.78 is 0. The molecule has 1 N–H and O–H groups in total. The second-order valence-electron chi connectivity index (χ2n) is 5.48. The second kappa shape index (κ2) is 7.08. The van der Waals surface area contributed by atoms with Gasteiger partial charge in [0.15, 0.2) is 5.82 Å². The van der Waals surface area contributed by atoms with Gasteiger partial charge in [-0.25, -0.2) is 4.98 Å². The zero-order chi connectivity index (χ0) is 17.2. The molecule has 0 fully saturated rings. The highest BCUT2D eigenvalue weighted by atomic mass is 35.5. The summed E-state index contributed by atoms with van der Waals surface area (Å²) in [5.74, 6) is 1.49. The van der Waals surface area contributed by atoms with E-state index in [4.69, 9.17) is 23.2 Å². The second-order valence-corrected chi connectivity index (χ2v) is 7.31. The number of halogens is 2. The summed E-state index contributed by atoms with van der Waals surface area (Å²) >= 11 is 14.3. The van der Waals surface area contributed by atoms with Gasteiger partial charge in [-0.1, -0.05) is 47.5 Å². The van der Waals surface area contributed by atoms with Crippen molar-refractivity contribution in [3.63, 3.8) is 0 Å². The van der Waals surface area contributed by atoms with Crippen LogP contribution in [0.25, 0.3) is 22.6 Å². The number of imidazole rings is 1. The number of nitrogens with zero attached hydrogens (tertiary/aromatic N) is 2. The van der Waals surface area contributed by atoms with Crippen molar-refractivity contribution in [2.45, 2.75) is 10.6 Å². The number of aromatic nitrogens is 3. The van der Waals surface area contributed by atoms with Crippen LogP contribution in [0.5, 0.6) is 0 Å². The quantitative estimate of drug-likeness (QED) is 0.423. The number of pyridine rings is 1. The smallest absolute Gasteiger partial charge is 0.157 e. The van der Waals surface area contributed by atoms with E-state index in [0.717, 1.165) is 43.8 Å². The average molecular weight is 386 g/mol. The van der Waals surface area contributed by atoms with Gasteiger partial charge < -0.3 is 4.98 Å². The minimum Gasteiger partial charge on any atom is -0.337 e. The molecule has 0 radical (unpaired) electrons. The highest BCUT2D eigenvalue weighted by Crippen LogP contribution is 2.34. The molecule has 0 aliphatic rings. The van der Waals surface area contributed by atoms with Gasteiger partial charge in [-0.05, 0) is 35.9 Å². The number of fused-ring (bicyclic) bond motifs is 1. The lowest BCUT2D eigenvalue weighted by molar-refractivity contribution is 1.24. The first-order valence-electron chi connectivity index (χ1n) is 7.67. The normalized spacial score (nSPS) is 11.1. The van der Waals surface area contributed by atoms with E-state index in [9.17, 15) is 0 Å². The first kappa shape index (κ1) is 16.5. The van der Waals surface area contributed by atoms with E-state index in [-0.39, 0.29) is 0 Å². The van der Waals surface area contributed by atoms with Crippen molar-refractivity contribution in [3.05, 3.63) is 76.4 Å². The van der Waals surface area contributed by atoms with Gasteiger partial charge >= 0.3 is 0 Å². The van der Waals surface area contributed by atoms with Crippen LogP contribution in [-0.2, 0) is 5.75 Å². The van der Waals surface area contributed by atoms with Crippen molar-refractivity contribution < 1.29 is 0 Å². The fraction of sp³-hybridized carbons (Fsp3) is 0.0526. The molecule has 4 rings (SSSR count). The number of benzene rings is 2. The molecule has 6 heteroatoms. The summed E-state index contributed by atoms with van der Waals surface area (Å²) in [6.07, 6.45) is 1.75. The Morgan fingerprint density at radius 2 is 1.80 bits per heavy atom. The molecule has 2 heterocycles. The van der Waals surface area contributed by atoms with E-state index >= 15 is 0 Å². The number of rotatable bonds is 4. The summed E-state index contributed by atoms with van der Waals surface area (Å²) in [6.45, 7) is 0. The first-order chi connectivity index (χ1) is 12.2. The maximum absolute atomic E-state index is 6.45. The van der Waals surface area contributed by atoms with Crippen molar-refractivity contribution >= 4 is 46.0 Å². The fourth-order valence-corrected chi connectivity index (χ4v) is 4.08. The number of nitrogens with one attached hydrogen (secondary N) is 1. The lowest BCUT2D eigenvalue weighted by Crippen LogP contribution is -1.83. The molecular formula is C19H13Cl2N3S. The molecule has 25 heavy (non-hydrogen) atoms. The molecule has 0 aliphatic carbocycles. The van der Waals surface area contributed by atoms with Crippen LogP contribution in [0, 0.1) is 0 Å². The summed E-state index contributed by atoms with van der Waals surface area (Å²) in [7, 11) is 0. The van der Waals surface area contributed by atoms with Crippen molar-refractivity contribution in [1.29, 1.82) is 0 Å². The molecule has 0 bridgehead atoms. The Balaban J connectivity index is 1.64. The summed E-state index contributed by atoms with van der Waals surface area (Å²) in [5.41, 5.74) is 3.65. The zero-order valence-corrected chi connectivity index (χ0v) is 15.4. The van der Waals surface area contributed by atoms with E-state index in [1.165, 1.54) is 0 Å². The average Bonchev–Trinajstić information content (AvgIpc) is 3.04. The van der Waals surface area contributed by atoms with Gasteiger partial charge in [0.25, 0.3) is 0 Å². The molecule has 4 aromatic rings. The van der Waals surface area contributed by atoms with Crippen LogP contribution in [-0.4, -0.2) is 15.0 Å². The molecule has 0 atom stereocenters. The lowest BCUT2D eigenvalue weighted by atomic mass is 10.2. The van der Waals surface area contributed by atoms with Crippen LogP contribution in [0.2, 0.25) is 10.0 Å². The molecule has 0 aliphatic heterocycles. The van der Waals surface area contributed by atoms with Gasteiger partial charge in [0.2, 0.25) is 0 Å². The van der Waals surface area contributed by atoms with Crippen molar-refractivity contribution in [3.8, 4) is 11.5 Å². The van der Waals surface area contributed by atoms with E-state index in [1.54, 1.807) is 18.0 Å². The van der Waals surface area contributed by atoms with Crippen LogP contribution in [0.4, 0.5) is 0 Å². The number of H-pyrrole nitrogens is 1. The van der Waals surface area contributed by atoms with Gasteiger partial charge in [-0.3, -0.25) is 4.98 Å². The molecule has 2 aromatic heterocycles. The standard InChI is InChI=1S/C19H13Cl2N3S/c20-13-6-2-1-5-12(13)11-25-18-10-17-16(9-14(18)21)23-19(24-17)15-7-3-4-8-22-15/h1-10H,11H2,(H,23,24). The Labute approximate surface area is 159 Å². The molecule has 0 spiro atoms. The van der Waals surface area contributed by atoms with E-state index in [2.05, 4.69) is 15.0 Å². The van der Waals surface area contributed by atoms with E-state index in [0.29, 0.717) is 5.02 Å². The number of hydrogen-bond donors (Lipinski definition) is 1. The fourth-order valence-electron chi connectivity index (χ4n) is 2.52. The molecule has 0 saturated carbocycles. The number of hydrogen-bond acceptors (Lipinski definition) is 3. The maximum atomic E-state index is 6.45. The summed E-state index contributed by atoms with van der Waals surface area (Å²) in [6, 6.07) is 17.5. The van der Waals surface area contributed by atoms with Gasteiger partial charge in [-0.15, -0.1) is 11.8 Å². The van der Waals surface area contributed by atoms with Crippen molar-refractivity contribution in [1.82, 2.24) is 15.0 Å². The topological polar surface area (TPSA) is 41.6 Å². The van der Waals surface area contributed by atoms with E-state index in [1.807, 2.05) is 54.6 Å². The van der Waals surface area contributed by atoms with Gasteiger partial charge in [0.1, 0.15) is 5.69 Å². The molecule has 0 saturated heterocycles. The third-order valence-electron chi connectivity index (χ3n) is 3.78. The van der Waals surface area contributed by atoms with Crippen LogP contribution in [0.1, 0.15) is 5.56 Å². The highest BCUT2D eigenvalue weighted by molar-refractivity contribution is 7.98. The Bertz CT molecular complexity index is 1030. The van der Waals surface area contributed by atoms with Gasteiger partial charge in [-0.2, -0.15) is 0 Å². The largest absolute Gasteiger partial charge is 0.337 e. The minimum atomic E-state index is 0.695. The SMILES string of the molecule is Clc1ccccc1CSc1cc2nc(-c3ccccn3)[nH]c2cc1Cl. The predicted octanol–water partition coefficient (Wildman–Crippen LogP) is 6.22. The predicted molar refractivity (Wildman–Crippen MR) is 105 cm³/mol. The molecule has 0 unspecified atom stereocenters. The Hall–Kier alpha value is -2.01. The molecule has 0 amide bonds. The highest BCUT2D eigenvalue weighted by Gasteiger charge is 2.11. The minimum absolute atomic E-state index is 0.695. The summed E-state index contributed by atoms with van der Waals surface area (Å²) in [4.78, 5) is 13.2. The first-order valence-corrected chi connectivity index (χ1v) is 9.42. The summed E-state index contributed by atoms with van der Waals surface area (Å²) in [5, 5.41) is 1.46. The van der Waals surface area contributed by atoms with Crippen molar-refractivity contribution in [2.24, 2.45) is 0 Å². The van der Waals surface area contributed by atoms with Crippen LogP contribution >= 0.6 is 35.0 Å².